The van der Waals surface area contributed by atoms with Crippen LogP contribution in [0.15, 0.2) is 42.6 Å². The number of hydrogen-bond donors (Lipinski definition) is 2. The number of nitrogens with two attached hydrogens (primary N) is 1. The van der Waals surface area contributed by atoms with Gasteiger partial charge in [0.05, 0.1) is 23.3 Å². The van der Waals surface area contributed by atoms with E-state index in [1.54, 1.807) is 10.6 Å². The monoisotopic (exact) mass is 408 g/mol. The van der Waals surface area contributed by atoms with Gasteiger partial charge in [-0.15, -0.1) is 15.3 Å². The average molecular weight is 408 g/mol. The summed E-state index contributed by atoms with van der Waals surface area (Å²) in [6, 6.07) is 11.3. The maximum atomic E-state index is 12.3. The van der Waals surface area contributed by atoms with Crippen molar-refractivity contribution in [2.45, 2.75) is 32.1 Å². The van der Waals surface area contributed by atoms with Gasteiger partial charge >= 0.3 is 0 Å². The minimum absolute atomic E-state index is 0.155. The second-order valence-electron chi connectivity index (χ2n) is 6.59. The summed E-state index contributed by atoms with van der Waals surface area (Å²) in [5.41, 5.74) is 8.13. The molecule has 0 fully saturated rings. The fourth-order valence-corrected chi connectivity index (χ4v) is 3.69. The van der Waals surface area contributed by atoms with E-state index in [-0.39, 0.29) is 12.3 Å². The molecule has 4 rings (SSSR count). The Balaban J connectivity index is 1.23. The van der Waals surface area contributed by atoms with Crippen molar-refractivity contribution in [2.24, 2.45) is 0 Å². The quantitative estimate of drug-likeness (QED) is 0.429. The number of fused-ring (bicyclic) bond motifs is 1. The Hall–Kier alpha value is -3.40. The van der Waals surface area contributed by atoms with Crippen molar-refractivity contribution in [2.75, 3.05) is 11.1 Å². The average Bonchev–Trinajstić information content (AvgIpc) is 3.32. The molecule has 0 spiro atoms. The highest BCUT2D eigenvalue weighted by Gasteiger charge is 2.11. The summed E-state index contributed by atoms with van der Waals surface area (Å²) in [6.07, 6.45) is 5.62. The second-order valence-corrected chi connectivity index (χ2v) is 7.65. The molecule has 4 aromatic heterocycles. The van der Waals surface area contributed by atoms with Gasteiger partial charge < -0.3 is 11.1 Å². The van der Waals surface area contributed by atoms with Crippen LogP contribution < -0.4 is 11.1 Å². The van der Waals surface area contributed by atoms with Crippen LogP contribution in [0.25, 0.3) is 5.52 Å². The topological polar surface area (TPSA) is 124 Å². The van der Waals surface area contributed by atoms with Gasteiger partial charge in [0.25, 0.3) is 0 Å². The fourth-order valence-electron chi connectivity index (χ4n) is 2.90. The van der Waals surface area contributed by atoms with Gasteiger partial charge in [0.15, 0.2) is 0 Å². The van der Waals surface area contributed by atoms with Crippen LogP contribution in [0.5, 0.6) is 0 Å². The third kappa shape index (κ3) is 5.11. The van der Waals surface area contributed by atoms with Gasteiger partial charge in [0, 0.05) is 12.6 Å². The van der Waals surface area contributed by atoms with Crippen LogP contribution in [0.2, 0.25) is 0 Å². The Morgan fingerprint density at radius 1 is 1.03 bits per heavy atom. The summed E-state index contributed by atoms with van der Waals surface area (Å²) in [7, 11) is 0. The van der Waals surface area contributed by atoms with Gasteiger partial charge in [-0.2, -0.15) is 10.2 Å². The lowest BCUT2D eigenvalue weighted by Crippen LogP contribution is -2.14. The van der Waals surface area contributed by atoms with Crippen LogP contribution in [0, 0.1) is 0 Å². The highest BCUT2D eigenvalue weighted by molar-refractivity contribution is 7.15. The summed E-state index contributed by atoms with van der Waals surface area (Å²) in [4.78, 5) is 12.3. The van der Waals surface area contributed by atoms with Gasteiger partial charge in [0.2, 0.25) is 11.0 Å². The first kappa shape index (κ1) is 18.9. The molecular weight excluding hydrogens is 388 g/mol. The highest BCUT2D eigenvalue weighted by Crippen LogP contribution is 2.18. The maximum absolute atomic E-state index is 12.3. The van der Waals surface area contributed by atoms with Gasteiger partial charge in [-0.3, -0.25) is 4.79 Å². The number of nitrogens with zero attached hydrogens (tertiary/aromatic N) is 6. The van der Waals surface area contributed by atoms with E-state index >= 15 is 0 Å². The molecule has 0 saturated carbocycles. The third-order valence-corrected chi connectivity index (χ3v) is 5.19. The molecule has 29 heavy (non-hydrogen) atoms. The smallest absolute Gasteiger partial charge is 0.232 e. The van der Waals surface area contributed by atoms with Crippen LogP contribution in [-0.4, -0.2) is 35.9 Å². The van der Waals surface area contributed by atoms with E-state index < -0.39 is 0 Å². The zero-order chi connectivity index (χ0) is 20.1. The molecule has 148 valence electrons. The van der Waals surface area contributed by atoms with Crippen molar-refractivity contribution >= 4 is 33.7 Å². The lowest BCUT2D eigenvalue weighted by atomic mass is 10.1. The standard InChI is InChI=1S/C19H20N8OS/c20-16-9-8-13(22-23-16)5-1-2-7-18-24-25-19(29-18)21-17(28)12-14-11-15-6-3-4-10-27(15)26-14/h3-4,6,8-11H,1-2,5,7,12H2,(H2,20,23)(H,21,25,28). The van der Waals surface area contributed by atoms with Gasteiger partial charge in [0.1, 0.15) is 10.8 Å². The number of aromatic nitrogens is 6. The number of carbonyl (C=O) groups is 1. The van der Waals surface area contributed by atoms with Crippen molar-refractivity contribution in [3.63, 3.8) is 0 Å². The SMILES string of the molecule is Nc1ccc(CCCCc2nnc(NC(=O)Cc3cc4ccccn4n3)s2)nn1. The molecule has 0 unspecified atom stereocenters. The molecule has 1 amide bonds. The van der Waals surface area contributed by atoms with E-state index in [2.05, 4.69) is 30.8 Å². The van der Waals surface area contributed by atoms with Crippen molar-refractivity contribution in [1.82, 2.24) is 30.0 Å². The van der Waals surface area contributed by atoms with Gasteiger partial charge in [-0.25, -0.2) is 4.52 Å². The van der Waals surface area contributed by atoms with E-state index in [1.807, 2.05) is 36.5 Å². The van der Waals surface area contributed by atoms with E-state index in [0.717, 1.165) is 41.9 Å². The number of rotatable bonds is 8. The minimum Gasteiger partial charge on any atom is -0.382 e. The Bertz CT molecular complexity index is 1070. The summed E-state index contributed by atoms with van der Waals surface area (Å²) >= 11 is 1.40. The summed E-state index contributed by atoms with van der Waals surface area (Å²) in [6.45, 7) is 0. The van der Waals surface area contributed by atoms with E-state index in [1.165, 1.54) is 11.3 Å². The predicted octanol–water partition coefficient (Wildman–Crippen LogP) is 2.30. The van der Waals surface area contributed by atoms with E-state index in [0.29, 0.717) is 16.6 Å². The zero-order valence-corrected chi connectivity index (χ0v) is 16.5. The molecule has 0 bridgehead atoms. The molecule has 10 heteroatoms. The Morgan fingerprint density at radius 3 is 2.76 bits per heavy atom. The largest absolute Gasteiger partial charge is 0.382 e. The van der Waals surface area contributed by atoms with E-state index in [4.69, 9.17) is 5.73 Å². The molecule has 0 aliphatic carbocycles. The molecule has 0 radical (unpaired) electrons. The van der Waals surface area contributed by atoms with Crippen molar-refractivity contribution < 1.29 is 4.79 Å². The molecule has 0 saturated heterocycles. The number of pyridine rings is 1. The Kier molecular flexibility index (Phi) is 5.71. The first-order chi connectivity index (χ1) is 14.2. The molecule has 0 aliphatic rings. The molecule has 0 aromatic carbocycles. The number of unbranched alkanes of at least 4 members (excludes halogenated alkanes) is 1. The minimum atomic E-state index is -0.155. The Labute approximate surface area is 171 Å². The lowest BCUT2D eigenvalue weighted by Gasteiger charge is -1.99. The van der Waals surface area contributed by atoms with Crippen molar-refractivity contribution in [1.29, 1.82) is 0 Å². The number of nitrogens with one attached hydrogen (secondary N) is 1. The van der Waals surface area contributed by atoms with Crippen LogP contribution in [0.4, 0.5) is 10.9 Å². The number of nitrogen functional groups attached to an aromatic ring is 1. The first-order valence-corrected chi connectivity index (χ1v) is 10.1. The molecule has 4 aromatic rings. The first-order valence-electron chi connectivity index (χ1n) is 9.29. The molecule has 0 aliphatic heterocycles. The summed E-state index contributed by atoms with van der Waals surface area (Å²) in [5, 5.41) is 24.7. The van der Waals surface area contributed by atoms with Gasteiger partial charge in [-0.1, -0.05) is 17.4 Å². The number of carbonyl (C=O) groups excluding carboxylic acids is 1. The number of anilines is 2. The van der Waals surface area contributed by atoms with Crippen LogP contribution in [0.3, 0.4) is 0 Å². The number of amides is 1. The second kappa shape index (κ2) is 8.74. The van der Waals surface area contributed by atoms with Crippen molar-refractivity contribution in [3.8, 4) is 0 Å². The molecule has 0 atom stereocenters. The van der Waals surface area contributed by atoms with Crippen LogP contribution in [0.1, 0.15) is 29.2 Å². The van der Waals surface area contributed by atoms with Crippen LogP contribution in [-0.2, 0) is 24.1 Å². The molecule has 3 N–H and O–H groups in total. The number of hydrogen-bond acceptors (Lipinski definition) is 8. The number of aryl methyl sites for hydroxylation is 2. The summed E-state index contributed by atoms with van der Waals surface area (Å²) < 4.78 is 1.75. The zero-order valence-electron chi connectivity index (χ0n) is 15.7. The lowest BCUT2D eigenvalue weighted by molar-refractivity contribution is -0.115. The normalized spacial score (nSPS) is 11.0. The molecule has 9 nitrogen and oxygen atoms in total. The highest BCUT2D eigenvalue weighted by atomic mass is 32.1. The molecule has 4 heterocycles. The molecular formula is C19H20N8OS. The van der Waals surface area contributed by atoms with Crippen LogP contribution >= 0.6 is 11.3 Å². The van der Waals surface area contributed by atoms with Crippen molar-refractivity contribution in [3.05, 3.63) is 59.0 Å². The fraction of sp³-hybridized carbons (Fsp3) is 0.263. The predicted molar refractivity (Wildman–Crippen MR) is 111 cm³/mol. The van der Waals surface area contributed by atoms with E-state index in [9.17, 15) is 4.79 Å². The third-order valence-electron chi connectivity index (χ3n) is 4.29. The Morgan fingerprint density at radius 2 is 1.93 bits per heavy atom. The maximum Gasteiger partial charge on any atom is 0.232 e. The summed E-state index contributed by atoms with van der Waals surface area (Å²) in [5.74, 6) is 0.274. The van der Waals surface area contributed by atoms with Gasteiger partial charge in [-0.05, 0) is 49.6 Å².